The molecule has 0 spiro atoms. The highest BCUT2D eigenvalue weighted by molar-refractivity contribution is 9.10. The molecule has 1 aromatic carbocycles. The molecule has 2 N–H and O–H groups in total. The first-order valence-corrected chi connectivity index (χ1v) is 5.06. The summed E-state index contributed by atoms with van der Waals surface area (Å²) in [5.41, 5.74) is 7.04. The van der Waals surface area contributed by atoms with Crippen molar-refractivity contribution in [2.24, 2.45) is 0 Å². The van der Waals surface area contributed by atoms with Gasteiger partial charge in [-0.1, -0.05) is 11.2 Å². The van der Waals surface area contributed by atoms with E-state index in [-0.39, 0.29) is 0 Å². The normalized spacial score (nSPS) is 10.3. The van der Waals surface area contributed by atoms with Crippen molar-refractivity contribution in [2.45, 2.75) is 0 Å². The fraction of sp³-hybridized carbons (Fsp3) is 0.100. The van der Waals surface area contributed by atoms with Gasteiger partial charge in [0.1, 0.15) is 11.4 Å². The van der Waals surface area contributed by atoms with E-state index < -0.39 is 0 Å². The van der Waals surface area contributed by atoms with Gasteiger partial charge in [-0.25, -0.2) is 0 Å². The molecule has 15 heavy (non-hydrogen) atoms. The van der Waals surface area contributed by atoms with Crippen molar-refractivity contribution in [2.75, 3.05) is 12.8 Å². The van der Waals surface area contributed by atoms with E-state index in [1.165, 1.54) is 0 Å². The van der Waals surface area contributed by atoms with Crippen LogP contribution in [0.25, 0.3) is 11.3 Å². The summed E-state index contributed by atoms with van der Waals surface area (Å²) in [6.07, 6.45) is 0. The van der Waals surface area contributed by atoms with Crippen LogP contribution < -0.4 is 10.5 Å². The zero-order valence-corrected chi connectivity index (χ0v) is 9.61. The summed E-state index contributed by atoms with van der Waals surface area (Å²) in [4.78, 5) is 0. The van der Waals surface area contributed by atoms with Gasteiger partial charge in [-0.3, -0.25) is 0 Å². The summed E-state index contributed by atoms with van der Waals surface area (Å²) in [5, 5.41) is 3.82. The zero-order chi connectivity index (χ0) is 10.8. The third kappa shape index (κ3) is 1.97. The summed E-state index contributed by atoms with van der Waals surface area (Å²) in [6.45, 7) is 0. The fourth-order valence-corrected chi connectivity index (χ4v) is 1.65. The number of hydrogen-bond acceptors (Lipinski definition) is 4. The Hall–Kier alpha value is -1.49. The topological polar surface area (TPSA) is 61.3 Å². The van der Waals surface area contributed by atoms with Crippen LogP contribution in [0.15, 0.2) is 33.3 Å². The predicted molar refractivity (Wildman–Crippen MR) is 60.6 cm³/mol. The summed E-state index contributed by atoms with van der Waals surface area (Å²) in [7, 11) is 1.61. The minimum atomic E-state index is 0.298. The molecule has 0 amide bonds. The maximum atomic E-state index is 5.45. The minimum absolute atomic E-state index is 0.298. The van der Waals surface area contributed by atoms with Crippen molar-refractivity contribution in [1.29, 1.82) is 0 Å². The van der Waals surface area contributed by atoms with Gasteiger partial charge in [-0.2, -0.15) is 0 Å². The highest BCUT2D eigenvalue weighted by Crippen LogP contribution is 2.30. The average molecular weight is 269 g/mol. The van der Waals surface area contributed by atoms with E-state index in [2.05, 4.69) is 21.1 Å². The number of nitrogens with zero attached hydrogens (tertiary/aromatic N) is 1. The lowest BCUT2D eigenvalue weighted by molar-refractivity contribution is 0.412. The molecule has 1 heterocycles. The van der Waals surface area contributed by atoms with E-state index in [0.717, 1.165) is 15.8 Å². The molecule has 2 rings (SSSR count). The standard InChI is InChI=1S/C10H9BrN2O2/c1-14-9-4-6(2-3-7(9)11)8-5-10(12)15-13-8/h2-5H,12H2,1H3. The van der Waals surface area contributed by atoms with Gasteiger partial charge in [-0.15, -0.1) is 0 Å². The molecule has 0 unspecified atom stereocenters. The Morgan fingerprint density at radius 2 is 2.20 bits per heavy atom. The van der Waals surface area contributed by atoms with Crippen molar-refractivity contribution >= 4 is 21.8 Å². The third-order valence-corrected chi connectivity index (χ3v) is 2.63. The van der Waals surface area contributed by atoms with E-state index in [0.29, 0.717) is 11.6 Å². The first-order chi connectivity index (χ1) is 7.20. The number of nitrogens with two attached hydrogens (primary N) is 1. The lowest BCUT2D eigenvalue weighted by atomic mass is 10.1. The Balaban J connectivity index is 2.45. The maximum Gasteiger partial charge on any atom is 0.222 e. The van der Waals surface area contributed by atoms with E-state index in [1.54, 1.807) is 13.2 Å². The van der Waals surface area contributed by atoms with Crippen molar-refractivity contribution in [3.63, 3.8) is 0 Å². The number of benzene rings is 1. The monoisotopic (exact) mass is 268 g/mol. The smallest absolute Gasteiger partial charge is 0.222 e. The number of aromatic nitrogens is 1. The molecule has 0 saturated heterocycles. The Morgan fingerprint density at radius 3 is 2.80 bits per heavy atom. The summed E-state index contributed by atoms with van der Waals surface area (Å²) >= 11 is 3.37. The molecule has 2 aromatic rings. The minimum Gasteiger partial charge on any atom is -0.496 e. The van der Waals surface area contributed by atoms with Crippen LogP contribution in [0.1, 0.15) is 0 Å². The summed E-state index contributed by atoms with van der Waals surface area (Å²) < 4.78 is 10.9. The van der Waals surface area contributed by atoms with Crippen LogP contribution >= 0.6 is 15.9 Å². The molecule has 0 fully saturated rings. The summed E-state index contributed by atoms with van der Waals surface area (Å²) in [6, 6.07) is 7.33. The number of ether oxygens (including phenoxy) is 1. The first-order valence-electron chi connectivity index (χ1n) is 4.27. The van der Waals surface area contributed by atoms with E-state index in [4.69, 9.17) is 15.0 Å². The van der Waals surface area contributed by atoms with Crippen LogP contribution in [0.4, 0.5) is 5.88 Å². The SMILES string of the molecule is COc1cc(-c2cc(N)on2)ccc1Br. The largest absolute Gasteiger partial charge is 0.496 e. The van der Waals surface area contributed by atoms with Gasteiger partial charge in [-0.05, 0) is 28.1 Å². The maximum absolute atomic E-state index is 5.45. The Kier molecular flexibility index (Phi) is 2.64. The number of hydrogen-bond donors (Lipinski definition) is 1. The molecule has 0 aliphatic rings. The molecule has 0 aliphatic heterocycles. The molecule has 5 heteroatoms. The Morgan fingerprint density at radius 1 is 1.40 bits per heavy atom. The van der Waals surface area contributed by atoms with Crippen LogP contribution in [0, 0.1) is 0 Å². The predicted octanol–water partition coefficient (Wildman–Crippen LogP) is 2.69. The molecule has 0 atom stereocenters. The lowest BCUT2D eigenvalue weighted by Crippen LogP contribution is -1.85. The lowest BCUT2D eigenvalue weighted by Gasteiger charge is -2.04. The van der Waals surface area contributed by atoms with Crippen LogP contribution in [-0.4, -0.2) is 12.3 Å². The molecular weight excluding hydrogens is 260 g/mol. The van der Waals surface area contributed by atoms with Crippen molar-refractivity contribution in [3.05, 3.63) is 28.7 Å². The van der Waals surface area contributed by atoms with Gasteiger partial charge in [0, 0.05) is 11.6 Å². The highest BCUT2D eigenvalue weighted by atomic mass is 79.9. The molecular formula is C10H9BrN2O2. The van der Waals surface area contributed by atoms with Crippen molar-refractivity contribution in [1.82, 2.24) is 5.16 Å². The van der Waals surface area contributed by atoms with Gasteiger partial charge < -0.3 is 15.0 Å². The van der Waals surface area contributed by atoms with Crippen LogP contribution in [-0.2, 0) is 0 Å². The van der Waals surface area contributed by atoms with Gasteiger partial charge in [0.2, 0.25) is 5.88 Å². The molecule has 0 bridgehead atoms. The van der Waals surface area contributed by atoms with Gasteiger partial charge in [0.15, 0.2) is 0 Å². The van der Waals surface area contributed by atoms with Crippen LogP contribution in [0.2, 0.25) is 0 Å². The molecule has 4 nitrogen and oxygen atoms in total. The van der Waals surface area contributed by atoms with Crippen LogP contribution in [0.3, 0.4) is 0 Å². The number of methoxy groups -OCH3 is 1. The van der Waals surface area contributed by atoms with Gasteiger partial charge >= 0.3 is 0 Å². The number of anilines is 1. The second-order valence-corrected chi connectivity index (χ2v) is 3.82. The molecule has 1 aromatic heterocycles. The van der Waals surface area contributed by atoms with Gasteiger partial charge in [0.05, 0.1) is 11.6 Å². The number of nitrogen functional groups attached to an aromatic ring is 1. The van der Waals surface area contributed by atoms with E-state index in [9.17, 15) is 0 Å². The fourth-order valence-electron chi connectivity index (χ4n) is 1.24. The number of rotatable bonds is 2. The van der Waals surface area contributed by atoms with Crippen LogP contribution in [0.5, 0.6) is 5.75 Å². The Bertz CT molecular complexity index is 482. The quantitative estimate of drug-likeness (QED) is 0.910. The number of halogens is 1. The second-order valence-electron chi connectivity index (χ2n) is 2.96. The van der Waals surface area contributed by atoms with Crippen molar-refractivity contribution < 1.29 is 9.26 Å². The van der Waals surface area contributed by atoms with E-state index in [1.807, 2.05) is 18.2 Å². The molecule has 0 aliphatic carbocycles. The van der Waals surface area contributed by atoms with Gasteiger partial charge in [0.25, 0.3) is 0 Å². The third-order valence-electron chi connectivity index (χ3n) is 1.98. The Labute approximate surface area is 95.1 Å². The van der Waals surface area contributed by atoms with Crippen molar-refractivity contribution in [3.8, 4) is 17.0 Å². The van der Waals surface area contributed by atoms with E-state index >= 15 is 0 Å². The summed E-state index contributed by atoms with van der Waals surface area (Å²) in [5.74, 6) is 1.04. The zero-order valence-electron chi connectivity index (χ0n) is 8.03. The highest BCUT2D eigenvalue weighted by Gasteiger charge is 2.07. The molecule has 78 valence electrons. The molecule has 0 saturated carbocycles. The molecule has 0 radical (unpaired) electrons. The average Bonchev–Trinajstić information content (AvgIpc) is 2.66. The first kappa shape index (κ1) is 10.0. The second kappa shape index (κ2) is 3.94.